The van der Waals surface area contributed by atoms with Crippen molar-refractivity contribution in [2.24, 2.45) is 4.99 Å². The summed E-state index contributed by atoms with van der Waals surface area (Å²) < 4.78 is 13.1. The molecule has 130 valence electrons. The number of hydrogen-bond donors (Lipinski definition) is 2. The van der Waals surface area contributed by atoms with Gasteiger partial charge in [0.15, 0.2) is 0 Å². The third kappa shape index (κ3) is 5.28. The number of aliphatic hydroxyl groups excluding tert-OH is 1. The Kier molecular flexibility index (Phi) is 6.46. The molecule has 0 bridgehead atoms. The molecular weight excluding hydrogens is 317 g/mol. The van der Waals surface area contributed by atoms with E-state index in [0.29, 0.717) is 5.84 Å². The maximum Gasteiger partial charge on any atom is 0.134 e. The van der Waals surface area contributed by atoms with E-state index in [1.54, 1.807) is 18.3 Å². The Morgan fingerprint density at radius 2 is 2.04 bits per heavy atom. The number of nitrogens with zero attached hydrogens (tertiary/aromatic N) is 2. The minimum Gasteiger partial charge on any atom is -0.511 e. The summed E-state index contributed by atoms with van der Waals surface area (Å²) in [6.45, 7) is 7.49. The number of aryl methyl sites for hydroxylation is 1. The second kappa shape index (κ2) is 8.78. The number of halogens is 1. The Morgan fingerprint density at radius 3 is 2.68 bits per heavy atom. The molecule has 5 heteroatoms. The number of rotatable bonds is 6. The van der Waals surface area contributed by atoms with Crippen molar-refractivity contribution >= 4 is 5.84 Å². The number of aliphatic imine (C=N–C) groups is 1. The van der Waals surface area contributed by atoms with Crippen LogP contribution in [0.3, 0.4) is 0 Å². The molecule has 0 saturated heterocycles. The van der Waals surface area contributed by atoms with Gasteiger partial charge in [-0.1, -0.05) is 31.7 Å². The Labute approximate surface area is 147 Å². The molecule has 1 aromatic carbocycles. The van der Waals surface area contributed by atoms with E-state index in [-0.39, 0.29) is 18.1 Å². The number of aliphatic hydroxyl groups is 1. The van der Waals surface area contributed by atoms with Crippen molar-refractivity contribution in [3.63, 3.8) is 0 Å². The van der Waals surface area contributed by atoms with Crippen LogP contribution in [-0.4, -0.2) is 22.5 Å². The van der Waals surface area contributed by atoms with Gasteiger partial charge in [-0.25, -0.2) is 4.39 Å². The van der Waals surface area contributed by atoms with Gasteiger partial charge >= 0.3 is 0 Å². The summed E-state index contributed by atoms with van der Waals surface area (Å²) in [5.41, 5.74) is 3.33. The number of aromatic nitrogens is 1. The molecule has 1 heterocycles. The van der Waals surface area contributed by atoms with Crippen LogP contribution in [0.2, 0.25) is 0 Å². The van der Waals surface area contributed by atoms with Crippen LogP contribution in [0.15, 0.2) is 66.1 Å². The molecular formula is C20H22FN3O. The van der Waals surface area contributed by atoms with Crippen molar-refractivity contribution in [2.75, 3.05) is 6.54 Å². The standard InChI is InChI=1S/C20H22FN3O/c1-4-5-10-22-20(24-12-14(2)25)19-11-17(13-23-15(19)3)16-6-8-18(21)9-7-16/h5-11,13,25H,2,4,12H2,1,3H3,(H,22,24)/b10-5+. The number of benzene rings is 1. The number of pyridine rings is 1. The van der Waals surface area contributed by atoms with Crippen LogP contribution in [0.5, 0.6) is 0 Å². The molecule has 0 unspecified atom stereocenters. The van der Waals surface area contributed by atoms with E-state index in [2.05, 4.69) is 21.9 Å². The van der Waals surface area contributed by atoms with Crippen molar-refractivity contribution in [2.45, 2.75) is 20.3 Å². The van der Waals surface area contributed by atoms with Gasteiger partial charge in [0.2, 0.25) is 0 Å². The van der Waals surface area contributed by atoms with E-state index in [1.165, 1.54) is 12.1 Å². The SMILES string of the molecule is C=C(O)CN=C(N/C=C/CC)c1cc(-c2ccc(F)cc2)cnc1C. The first kappa shape index (κ1) is 18.4. The molecule has 4 nitrogen and oxygen atoms in total. The summed E-state index contributed by atoms with van der Waals surface area (Å²) in [6.07, 6.45) is 6.41. The van der Waals surface area contributed by atoms with Gasteiger partial charge < -0.3 is 10.4 Å². The van der Waals surface area contributed by atoms with Crippen molar-refractivity contribution in [3.05, 3.63) is 78.2 Å². The van der Waals surface area contributed by atoms with Crippen LogP contribution in [0.4, 0.5) is 4.39 Å². The Balaban J connectivity index is 2.43. The number of hydrogen-bond acceptors (Lipinski definition) is 3. The highest BCUT2D eigenvalue weighted by Gasteiger charge is 2.10. The smallest absolute Gasteiger partial charge is 0.134 e. The van der Waals surface area contributed by atoms with Crippen LogP contribution < -0.4 is 5.32 Å². The van der Waals surface area contributed by atoms with Gasteiger partial charge in [0.25, 0.3) is 0 Å². The molecule has 0 aliphatic carbocycles. The molecule has 0 radical (unpaired) electrons. The van der Waals surface area contributed by atoms with E-state index < -0.39 is 0 Å². The zero-order chi connectivity index (χ0) is 18.2. The predicted molar refractivity (Wildman–Crippen MR) is 100 cm³/mol. The summed E-state index contributed by atoms with van der Waals surface area (Å²) >= 11 is 0. The maximum absolute atomic E-state index is 13.1. The lowest BCUT2D eigenvalue weighted by molar-refractivity contribution is 0.407. The zero-order valence-corrected chi connectivity index (χ0v) is 14.5. The molecule has 0 aliphatic heterocycles. The minimum atomic E-state index is -0.279. The largest absolute Gasteiger partial charge is 0.511 e. The summed E-state index contributed by atoms with van der Waals surface area (Å²) in [7, 11) is 0. The van der Waals surface area contributed by atoms with E-state index in [0.717, 1.165) is 28.8 Å². The van der Waals surface area contributed by atoms with Crippen LogP contribution >= 0.6 is 0 Å². The molecule has 1 aromatic heterocycles. The molecule has 2 N–H and O–H groups in total. The van der Waals surface area contributed by atoms with Crippen LogP contribution in [0, 0.1) is 12.7 Å². The Hall–Kier alpha value is -2.95. The highest BCUT2D eigenvalue weighted by Crippen LogP contribution is 2.21. The monoisotopic (exact) mass is 339 g/mol. The normalized spacial score (nSPS) is 11.7. The van der Waals surface area contributed by atoms with Gasteiger partial charge in [-0.05, 0) is 43.3 Å². The fourth-order valence-corrected chi connectivity index (χ4v) is 2.21. The molecule has 0 amide bonds. The zero-order valence-electron chi connectivity index (χ0n) is 14.5. The van der Waals surface area contributed by atoms with Crippen LogP contribution in [-0.2, 0) is 0 Å². The average Bonchev–Trinajstić information content (AvgIpc) is 2.59. The first-order chi connectivity index (χ1) is 12.0. The highest BCUT2D eigenvalue weighted by molar-refractivity contribution is 6.01. The van der Waals surface area contributed by atoms with Crippen molar-refractivity contribution in [3.8, 4) is 11.1 Å². The highest BCUT2D eigenvalue weighted by atomic mass is 19.1. The lowest BCUT2D eigenvalue weighted by Crippen LogP contribution is -2.21. The van der Waals surface area contributed by atoms with Crippen molar-refractivity contribution < 1.29 is 9.50 Å². The van der Waals surface area contributed by atoms with E-state index in [4.69, 9.17) is 0 Å². The molecule has 2 rings (SSSR count). The fourth-order valence-electron chi connectivity index (χ4n) is 2.21. The lowest BCUT2D eigenvalue weighted by atomic mass is 10.0. The van der Waals surface area contributed by atoms with Gasteiger partial charge in [0, 0.05) is 23.0 Å². The molecule has 0 aliphatic rings. The van der Waals surface area contributed by atoms with Crippen molar-refractivity contribution in [1.82, 2.24) is 10.3 Å². The maximum atomic E-state index is 13.1. The third-order valence-electron chi connectivity index (χ3n) is 3.51. The molecule has 0 saturated carbocycles. The molecule has 0 spiro atoms. The van der Waals surface area contributed by atoms with Gasteiger partial charge in [0.1, 0.15) is 17.4 Å². The number of allylic oxidation sites excluding steroid dienone is 1. The van der Waals surface area contributed by atoms with Crippen LogP contribution in [0.1, 0.15) is 24.6 Å². The number of amidine groups is 1. The predicted octanol–water partition coefficient (Wildman–Crippen LogP) is 4.53. The fraction of sp³-hybridized carbons (Fsp3) is 0.200. The average molecular weight is 339 g/mol. The van der Waals surface area contributed by atoms with Gasteiger partial charge in [0.05, 0.1) is 6.54 Å². The topological polar surface area (TPSA) is 57.5 Å². The number of nitrogens with one attached hydrogen (secondary N) is 1. The lowest BCUT2D eigenvalue weighted by Gasteiger charge is -2.12. The summed E-state index contributed by atoms with van der Waals surface area (Å²) in [5, 5.41) is 12.5. The third-order valence-corrected chi connectivity index (χ3v) is 3.51. The van der Waals surface area contributed by atoms with E-state index in [9.17, 15) is 9.50 Å². The van der Waals surface area contributed by atoms with Gasteiger partial charge in [-0.2, -0.15) is 0 Å². The first-order valence-electron chi connectivity index (χ1n) is 8.07. The first-order valence-corrected chi connectivity index (χ1v) is 8.07. The quantitative estimate of drug-likeness (QED) is 0.462. The molecule has 0 fully saturated rings. The second-order valence-corrected chi connectivity index (χ2v) is 5.55. The summed E-state index contributed by atoms with van der Waals surface area (Å²) in [4.78, 5) is 8.81. The Morgan fingerprint density at radius 1 is 1.32 bits per heavy atom. The second-order valence-electron chi connectivity index (χ2n) is 5.55. The van der Waals surface area contributed by atoms with Crippen molar-refractivity contribution in [1.29, 1.82) is 0 Å². The Bertz CT molecular complexity index is 795. The minimum absolute atomic E-state index is 0.0147. The summed E-state index contributed by atoms with van der Waals surface area (Å²) in [5.74, 6) is 0.298. The molecule has 2 aromatic rings. The van der Waals surface area contributed by atoms with E-state index >= 15 is 0 Å². The van der Waals surface area contributed by atoms with Gasteiger partial charge in [-0.3, -0.25) is 9.98 Å². The molecule has 25 heavy (non-hydrogen) atoms. The summed E-state index contributed by atoms with van der Waals surface area (Å²) in [6, 6.07) is 8.20. The molecule has 0 atom stereocenters. The van der Waals surface area contributed by atoms with Crippen LogP contribution in [0.25, 0.3) is 11.1 Å². The van der Waals surface area contributed by atoms with E-state index in [1.807, 2.05) is 32.2 Å². The van der Waals surface area contributed by atoms with Gasteiger partial charge in [-0.15, -0.1) is 0 Å².